The van der Waals surface area contributed by atoms with E-state index in [-0.39, 0.29) is 24.8 Å². The molecular formula is C24H28N6O3. The Morgan fingerprint density at radius 1 is 1.03 bits per heavy atom. The van der Waals surface area contributed by atoms with Crippen LogP contribution in [0.1, 0.15) is 30.0 Å². The summed E-state index contributed by atoms with van der Waals surface area (Å²) in [6.07, 6.45) is 0.658. The Morgan fingerprint density at radius 3 is 2.27 bits per heavy atom. The number of carbonyl (C=O) groups is 3. The molecule has 0 radical (unpaired) electrons. The number of fused-ring (bicyclic) bond motifs is 1. The Kier molecular flexibility index (Phi) is 6.15. The third-order valence-corrected chi connectivity index (χ3v) is 6.59. The maximum Gasteiger partial charge on any atom is 0.238 e. The zero-order chi connectivity index (χ0) is 23.6. The highest BCUT2D eigenvalue weighted by Crippen LogP contribution is 2.50. The van der Waals surface area contributed by atoms with Crippen molar-refractivity contribution in [2.24, 2.45) is 23.3 Å². The number of primary amides is 1. The topological polar surface area (TPSA) is 154 Å². The molecule has 2 fully saturated rings. The standard InChI is InChI=1S/C24H28N6O3/c25-22(33)24(12-7-13-28-23(26)27)18-17(19(29-24)16-10-5-2-6-11-16)20(31)30(21(18)32)14-15-8-3-1-4-9-15/h1-6,8-11,17-19,29H,7,12-14H2,(H2,25,33)(H4,26,27,28). The molecule has 2 aliphatic rings. The number of imide groups is 1. The number of benzene rings is 2. The lowest BCUT2D eigenvalue weighted by atomic mass is 9.76. The molecule has 0 spiro atoms. The van der Waals surface area contributed by atoms with Crippen LogP contribution in [-0.4, -0.2) is 40.7 Å². The van der Waals surface area contributed by atoms with Gasteiger partial charge in [0.15, 0.2) is 5.96 Å². The zero-order valence-electron chi connectivity index (χ0n) is 18.2. The SMILES string of the molecule is N=C(N)NCCCC1(C(N)=O)NC(c2ccccc2)C2C(=O)N(Cc3ccccc3)C(=O)C21. The lowest BCUT2D eigenvalue weighted by Gasteiger charge is -2.32. The summed E-state index contributed by atoms with van der Waals surface area (Å²) in [4.78, 5) is 41.3. The fourth-order valence-electron chi connectivity index (χ4n) is 5.10. The Balaban J connectivity index is 1.70. The van der Waals surface area contributed by atoms with E-state index >= 15 is 0 Å². The number of nitrogens with zero attached hydrogens (tertiary/aromatic N) is 1. The Hall–Kier alpha value is -3.72. The van der Waals surface area contributed by atoms with Crippen molar-refractivity contribution in [2.45, 2.75) is 31.0 Å². The lowest BCUT2D eigenvalue weighted by Crippen LogP contribution is -2.58. The molecule has 4 unspecified atom stereocenters. The van der Waals surface area contributed by atoms with Gasteiger partial charge >= 0.3 is 0 Å². The highest BCUT2D eigenvalue weighted by molar-refractivity contribution is 6.10. The summed E-state index contributed by atoms with van der Waals surface area (Å²) >= 11 is 0. The minimum absolute atomic E-state index is 0.147. The molecule has 33 heavy (non-hydrogen) atoms. The van der Waals surface area contributed by atoms with E-state index in [1.807, 2.05) is 60.7 Å². The third kappa shape index (κ3) is 4.07. The van der Waals surface area contributed by atoms with Crippen LogP contribution in [0.3, 0.4) is 0 Å². The van der Waals surface area contributed by atoms with Crippen LogP contribution >= 0.6 is 0 Å². The van der Waals surface area contributed by atoms with E-state index < -0.39 is 35.2 Å². The molecular weight excluding hydrogens is 420 g/mol. The van der Waals surface area contributed by atoms with E-state index in [2.05, 4.69) is 10.6 Å². The smallest absolute Gasteiger partial charge is 0.238 e. The van der Waals surface area contributed by atoms with Gasteiger partial charge in [-0.25, -0.2) is 0 Å². The van der Waals surface area contributed by atoms with Gasteiger partial charge in [-0.3, -0.25) is 30.0 Å². The van der Waals surface area contributed by atoms with E-state index in [4.69, 9.17) is 16.9 Å². The molecule has 0 saturated carbocycles. The van der Waals surface area contributed by atoms with Crippen LogP contribution in [0.15, 0.2) is 60.7 Å². The summed E-state index contributed by atoms with van der Waals surface area (Å²) in [7, 11) is 0. The monoisotopic (exact) mass is 448 g/mol. The first-order valence-corrected chi connectivity index (χ1v) is 10.9. The van der Waals surface area contributed by atoms with Crippen molar-refractivity contribution in [1.29, 1.82) is 5.41 Å². The van der Waals surface area contributed by atoms with Gasteiger partial charge in [-0.15, -0.1) is 0 Å². The third-order valence-electron chi connectivity index (χ3n) is 6.59. The van der Waals surface area contributed by atoms with E-state index in [9.17, 15) is 14.4 Å². The number of rotatable bonds is 8. The largest absolute Gasteiger partial charge is 0.370 e. The first-order chi connectivity index (χ1) is 15.8. The van der Waals surface area contributed by atoms with E-state index in [1.165, 1.54) is 4.90 Å². The van der Waals surface area contributed by atoms with Crippen LogP contribution in [-0.2, 0) is 20.9 Å². The van der Waals surface area contributed by atoms with Gasteiger partial charge in [0.1, 0.15) is 5.54 Å². The first kappa shape index (κ1) is 22.5. The average molecular weight is 449 g/mol. The molecule has 2 heterocycles. The number of amides is 3. The van der Waals surface area contributed by atoms with Gasteiger partial charge in [0.2, 0.25) is 17.7 Å². The van der Waals surface area contributed by atoms with E-state index in [0.717, 1.165) is 11.1 Å². The van der Waals surface area contributed by atoms with E-state index in [0.29, 0.717) is 13.0 Å². The summed E-state index contributed by atoms with van der Waals surface area (Å²) in [6, 6.07) is 18.1. The van der Waals surface area contributed by atoms with Crippen molar-refractivity contribution in [3.8, 4) is 0 Å². The number of nitrogens with one attached hydrogen (secondary N) is 3. The Bertz CT molecular complexity index is 1060. The van der Waals surface area contributed by atoms with Crippen LogP contribution in [0.4, 0.5) is 0 Å². The van der Waals surface area contributed by atoms with Crippen molar-refractivity contribution in [2.75, 3.05) is 6.54 Å². The number of hydrogen-bond acceptors (Lipinski definition) is 5. The summed E-state index contributed by atoms with van der Waals surface area (Å²) in [5.41, 5.74) is 11.5. The summed E-state index contributed by atoms with van der Waals surface area (Å²) in [5.74, 6) is -3.19. The highest BCUT2D eigenvalue weighted by atomic mass is 16.2. The second-order valence-corrected chi connectivity index (χ2v) is 8.56. The van der Waals surface area contributed by atoms with Crippen molar-refractivity contribution in [1.82, 2.24) is 15.5 Å². The second-order valence-electron chi connectivity index (χ2n) is 8.56. The van der Waals surface area contributed by atoms with Gasteiger partial charge in [0.05, 0.1) is 18.4 Å². The van der Waals surface area contributed by atoms with Crippen LogP contribution in [0.5, 0.6) is 0 Å². The molecule has 9 heteroatoms. The maximum atomic E-state index is 13.6. The predicted octanol–water partition coefficient (Wildman–Crippen LogP) is 0.620. The minimum Gasteiger partial charge on any atom is -0.370 e. The molecule has 4 rings (SSSR count). The van der Waals surface area contributed by atoms with Crippen molar-refractivity contribution >= 4 is 23.7 Å². The molecule has 0 aromatic heterocycles. The van der Waals surface area contributed by atoms with Gasteiger partial charge in [-0.2, -0.15) is 0 Å². The fourth-order valence-corrected chi connectivity index (χ4v) is 5.10. The molecule has 172 valence electrons. The van der Waals surface area contributed by atoms with Gasteiger partial charge in [0.25, 0.3) is 0 Å². The maximum absolute atomic E-state index is 13.6. The number of nitrogens with two attached hydrogens (primary N) is 2. The predicted molar refractivity (Wildman–Crippen MR) is 122 cm³/mol. The van der Waals surface area contributed by atoms with Crippen LogP contribution in [0.25, 0.3) is 0 Å². The zero-order valence-corrected chi connectivity index (χ0v) is 18.2. The molecule has 0 aliphatic carbocycles. The minimum atomic E-state index is -1.39. The van der Waals surface area contributed by atoms with Gasteiger partial charge in [0, 0.05) is 12.6 Å². The molecule has 4 atom stereocenters. The quantitative estimate of drug-likeness (QED) is 0.173. The second kappa shape index (κ2) is 9.03. The molecule has 2 aromatic carbocycles. The van der Waals surface area contributed by atoms with Crippen molar-refractivity contribution in [3.63, 3.8) is 0 Å². The number of carbonyl (C=O) groups excluding carboxylic acids is 3. The van der Waals surface area contributed by atoms with Gasteiger partial charge < -0.3 is 16.8 Å². The van der Waals surface area contributed by atoms with Crippen LogP contribution in [0, 0.1) is 17.2 Å². The molecule has 0 bridgehead atoms. The molecule has 7 N–H and O–H groups in total. The summed E-state index contributed by atoms with van der Waals surface area (Å²) in [6.45, 7) is 0.489. The van der Waals surface area contributed by atoms with Gasteiger partial charge in [-0.1, -0.05) is 60.7 Å². The van der Waals surface area contributed by atoms with Crippen LogP contribution in [0.2, 0.25) is 0 Å². The molecule has 3 amide bonds. The Morgan fingerprint density at radius 2 is 1.67 bits per heavy atom. The number of hydrogen-bond donors (Lipinski definition) is 5. The number of guanidine groups is 1. The van der Waals surface area contributed by atoms with Gasteiger partial charge in [-0.05, 0) is 24.0 Å². The number of likely N-dealkylation sites (tertiary alicyclic amines) is 1. The van der Waals surface area contributed by atoms with E-state index in [1.54, 1.807) is 0 Å². The summed E-state index contributed by atoms with van der Waals surface area (Å²) in [5, 5.41) is 13.3. The highest BCUT2D eigenvalue weighted by Gasteiger charge is 2.67. The lowest BCUT2D eigenvalue weighted by molar-refractivity contribution is -0.143. The summed E-state index contributed by atoms with van der Waals surface area (Å²) < 4.78 is 0. The Labute approximate surface area is 192 Å². The molecule has 2 aliphatic heterocycles. The normalized spacial score (nSPS) is 26.3. The van der Waals surface area contributed by atoms with Crippen molar-refractivity contribution < 1.29 is 14.4 Å². The first-order valence-electron chi connectivity index (χ1n) is 10.9. The van der Waals surface area contributed by atoms with Crippen LogP contribution < -0.4 is 22.1 Å². The average Bonchev–Trinajstić information content (AvgIpc) is 3.28. The van der Waals surface area contributed by atoms with Crippen molar-refractivity contribution in [3.05, 3.63) is 71.8 Å². The molecule has 9 nitrogen and oxygen atoms in total. The molecule has 2 saturated heterocycles. The fraction of sp³-hybridized carbons (Fsp3) is 0.333. The molecule has 2 aromatic rings.